The third-order valence-corrected chi connectivity index (χ3v) is 4.47. The number of phenols is 1. The Kier molecular flexibility index (Phi) is 5.38. The Bertz CT molecular complexity index is 710. The summed E-state index contributed by atoms with van der Waals surface area (Å²) >= 11 is 0. The SMILES string of the molecule is O=C(NCC(=O)N1CCCCC[C@@H]1c1ccco1)c1ccc(O)cc1. The molecule has 1 fully saturated rings. The number of likely N-dealkylation sites (tertiary alicyclic amines) is 1. The van der Waals surface area contributed by atoms with Crippen molar-refractivity contribution in [3.63, 3.8) is 0 Å². The summed E-state index contributed by atoms with van der Waals surface area (Å²) in [4.78, 5) is 26.6. The lowest BCUT2D eigenvalue weighted by atomic mass is 10.1. The summed E-state index contributed by atoms with van der Waals surface area (Å²) in [6.45, 7) is 0.607. The van der Waals surface area contributed by atoms with Crippen molar-refractivity contribution in [2.24, 2.45) is 0 Å². The molecule has 1 atom stereocenters. The Labute approximate surface area is 146 Å². The number of carbonyl (C=O) groups is 2. The van der Waals surface area contributed by atoms with Gasteiger partial charge >= 0.3 is 0 Å². The number of furan rings is 1. The van der Waals surface area contributed by atoms with Gasteiger partial charge in [-0.15, -0.1) is 0 Å². The minimum Gasteiger partial charge on any atom is -0.508 e. The van der Waals surface area contributed by atoms with Gasteiger partial charge < -0.3 is 19.7 Å². The van der Waals surface area contributed by atoms with Crippen molar-refractivity contribution in [1.29, 1.82) is 0 Å². The summed E-state index contributed by atoms with van der Waals surface area (Å²) in [7, 11) is 0. The van der Waals surface area contributed by atoms with Crippen molar-refractivity contribution >= 4 is 11.8 Å². The smallest absolute Gasteiger partial charge is 0.251 e. The predicted octanol–water partition coefficient (Wildman–Crippen LogP) is 2.86. The van der Waals surface area contributed by atoms with Crippen LogP contribution in [0.4, 0.5) is 0 Å². The first-order valence-electron chi connectivity index (χ1n) is 8.55. The molecule has 3 rings (SSSR count). The number of amides is 2. The molecule has 1 aliphatic rings. The molecule has 1 aliphatic heterocycles. The largest absolute Gasteiger partial charge is 0.508 e. The first-order valence-corrected chi connectivity index (χ1v) is 8.55. The fourth-order valence-electron chi connectivity index (χ4n) is 3.16. The van der Waals surface area contributed by atoms with Crippen LogP contribution < -0.4 is 5.32 Å². The fraction of sp³-hybridized carbons (Fsp3) is 0.368. The van der Waals surface area contributed by atoms with Crippen LogP contribution in [0.2, 0.25) is 0 Å². The standard InChI is InChI=1S/C19H22N2O4/c22-15-9-7-14(8-10-15)19(24)20-13-18(23)21-11-3-1-2-5-16(21)17-6-4-12-25-17/h4,6-10,12,16,22H,1-3,5,11,13H2,(H,20,24)/t16-/m1/s1. The van der Waals surface area contributed by atoms with Crippen molar-refractivity contribution in [1.82, 2.24) is 10.2 Å². The normalized spacial score (nSPS) is 17.8. The van der Waals surface area contributed by atoms with Gasteiger partial charge in [0.2, 0.25) is 5.91 Å². The first kappa shape index (κ1) is 17.1. The number of rotatable bonds is 4. The second kappa shape index (κ2) is 7.88. The number of hydrogen-bond acceptors (Lipinski definition) is 4. The van der Waals surface area contributed by atoms with Crippen LogP contribution >= 0.6 is 0 Å². The van der Waals surface area contributed by atoms with Crippen LogP contribution in [0.3, 0.4) is 0 Å². The van der Waals surface area contributed by atoms with Crippen LogP contribution in [0.15, 0.2) is 47.1 Å². The number of nitrogens with one attached hydrogen (secondary N) is 1. The number of phenolic OH excluding ortho intramolecular Hbond substituents is 1. The van der Waals surface area contributed by atoms with Crippen molar-refractivity contribution in [2.45, 2.75) is 31.7 Å². The van der Waals surface area contributed by atoms with Gasteiger partial charge in [-0.2, -0.15) is 0 Å². The number of carbonyl (C=O) groups excluding carboxylic acids is 2. The van der Waals surface area contributed by atoms with Crippen LogP contribution in [0.1, 0.15) is 47.8 Å². The van der Waals surface area contributed by atoms with E-state index >= 15 is 0 Å². The molecule has 0 aliphatic carbocycles. The van der Waals surface area contributed by atoms with E-state index in [1.54, 1.807) is 6.26 Å². The van der Waals surface area contributed by atoms with Crippen molar-refractivity contribution < 1.29 is 19.1 Å². The highest BCUT2D eigenvalue weighted by Crippen LogP contribution is 2.30. The maximum absolute atomic E-state index is 12.7. The summed E-state index contributed by atoms with van der Waals surface area (Å²) in [5, 5.41) is 11.9. The highest BCUT2D eigenvalue weighted by atomic mass is 16.3. The zero-order chi connectivity index (χ0) is 17.6. The Morgan fingerprint density at radius 3 is 2.68 bits per heavy atom. The Morgan fingerprint density at radius 2 is 1.96 bits per heavy atom. The molecule has 0 saturated carbocycles. The zero-order valence-corrected chi connectivity index (χ0v) is 14.0. The van der Waals surface area contributed by atoms with Crippen LogP contribution in [0.25, 0.3) is 0 Å². The molecule has 2 N–H and O–H groups in total. The molecule has 2 amide bonds. The lowest BCUT2D eigenvalue weighted by molar-refractivity contribution is -0.132. The van der Waals surface area contributed by atoms with Gasteiger partial charge in [0.15, 0.2) is 0 Å². The molecule has 6 heteroatoms. The molecule has 1 aromatic carbocycles. The topological polar surface area (TPSA) is 82.8 Å². The second-order valence-electron chi connectivity index (χ2n) is 6.20. The average Bonchev–Trinajstić information content (AvgIpc) is 3.04. The average molecular weight is 342 g/mol. The number of hydrogen-bond donors (Lipinski definition) is 2. The van der Waals surface area contributed by atoms with Gasteiger partial charge in [-0.05, 0) is 49.2 Å². The Hall–Kier alpha value is -2.76. The van der Waals surface area contributed by atoms with Gasteiger partial charge in [-0.3, -0.25) is 9.59 Å². The molecule has 2 heterocycles. The third kappa shape index (κ3) is 4.21. The molecule has 6 nitrogen and oxygen atoms in total. The fourth-order valence-corrected chi connectivity index (χ4v) is 3.16. The molecular weight excluding hydrogens is 320 g/mol. The van der Waals surface area contributed by atoms with Crippen molar-refractivity contribution in [3.05, 3.63) is 54.0 Å². The van der Waals surface area contributed by atoms with Crippen molar-refractivity contribution in [3.8, 4) is 5.75 Å². The van der Waals surface area contributed by atoms with E-state index in [1.807, 2.05) is 17.0 Å². The summed E-state index contributed by atoms with van der Waals surface area (Å²) < 4.78 is 5.51. The van der Waals surface area contributed by atoms with Gasteiger partial charge in [-0.25, -0.2) is 0 Å². The lowest BCUT2D eigenvalue weighted by Gasteiger charge is -2.28. The first-order chi connectivity index (χ1) is 12.1. The van der Waals surface area contributed by atoms with E-state index < -0.39 is 0 Å². The van der Waals surface area contributed by atoms with E-state index in [4.69, 9.17) is 4.42 Å². The van der Waals surface area contributed by atoms with E-state index in [0.29, 0.717) is 12.1 Å². The van der Waals surface area contributed by atoms with Gasteiger partial charge in [0.25, 0.3) is 5.91 Å². The second-order valence-corrected chi connectivity index (χ2v) is 6.20. The molecular formula is C19H22N2O4. The lowest BCUT2D eigenvalue weighted by Crippen LogP contribution is -2.42. The summed E-state index contributed by atoms with van der Waals surface area (Å²) in [5.74, 6) is 0.437. The quantitative estimate of drug-likeness (QED) is 0.895. The van der Waals surface area contributed by atoms with Gasteiger partial charge in [0, 0.05) is 12.1 Å². The molecule has 1 aromatic heterocycles. The van der Waals surface area contributed by atoms with Crippen LogP contribution in [0, 0.1) is 0 Å². The highest BCUT2D eigenvalue weighted by Gasteiger charge is 2.28. The van der Waals surface area contributed by atoms with Gasteiger partial charge in [-0.1, -0.05) is 12.8 Å². The maximum atomic E-state index is 12.7. The van der Waals surface area contributed by atoms with E-state index in [0.717, 1.165) is 31.4 Å². The van der Waals surface area contributed by atoms with E-state index in [1.165, 1.54) is 24.3 Å². The van der Waals surface area contributed by atoms with Gasteiger partial charge in [0.1, 0.15) is 11.5 Å². The zero-order valence-electron chi connectivity index (χ0n) is 14.0. The van der Waals surface area contributed by atoms with E-state index in [2.05, 4.69) is 5.32 Å². The van der Waals surface area contributed by atoms with Gasteiger partial charge in [0.05, 0.1) is 18.8 Å². The number of benzene rings is 1. The predicted molar refractivity (Wildman–Crippen MR) is 92.1 cm³/mol. The minimum atomic E-state index is -0.335. The van der Waals surface area contributed by atoms with E-state index in [9.17, 15) is 14.7 Å². The van der Waals surface area contributed by atoms with E-state index in [-0.39, 0.29) is 30.2 Å². The summed E-state index contributed by atoms with van der Waals surface area (Å²) in [6, 6.07) is 9.58. The Balaban J connectivity index is 1.64. The molecule has 0 spiro atoms. The third-order valence-electron chi connectivity index (χ3n) is 4.47. The Morgan fingerprint density at radius 1 is 1.16 bits per heavy atom. The molecule has 0 radical (unpaired) electrons. The molecule has 1 saturated heterocycles. The molecule has 132 valence electrons. The van der Waals surface area contributed by atoms with Crippen LogP contribution in [-0.4, -0.2) is 34.9 Å². The molecule has 2 aromatic rings. The maximum Gasteiger partial charge on any atom is 0.251 e. The highest BCUT2D eigenvalue weighted by molar-refractivity contribution is 5.96. The summed E-state index contributed by atoms with van der Waals surface area (Å²) in [5.41, 5.74) is 0.407. The minimum absolute atomic E-state index is 0.0586. The van der Waals surface area contributed by atoms with Crippen LogP contribution in [-0.2, 0) is 4.79 Å². The monoisotopic (exact) mass is 342 g/mol. The van der Waals surface area contributed by atoms with Crippen molar-refractivity contribution in [2.75, 3.05) is 13.1 Å². The summed E-state index contributed by atoms with van der Waals surface area (Å²) in [6.07, 6.45) is 5.57. The number of aromatic hydroxyl groups is 1. The molecule has 0 bridgehead atoms. The molecule has 0 unspecified atom stereocenters. The van der Waals surface area contributed by atoms with Crippen LogP contribution in [0.5, 0.6) is 5.75 Å². The number of nitrogens with zero attached hydrogens (tertiary/aromatic N) is 1. The molecule has 25 heavy (non-hydrogen) atoms.